The Balaban J connectivity index is 1.75. The van der Waals surface area contributed by atoms with Gasteiger partial charge in [0.15, 0.2) is 5.13 Å². The third-order valence-electron chi connectivity index (χ3n) is 3.73. The summed E-state index contributed by atoms with van der Waals surface area (Å²) < 4.78 is 24.5. The van der Waals surface area contributed by atoms with Crippen molar-refractivity contribution in [3.63, 3.8) is 0 Å². The van der Waals surface area contributed by atoms with Gasteiger partial charge in [-0.15, -0.1) is 11.3 Å². The Hall–Kier alpha value is -3.04. The van der Waals surface area contributed by atoms with Crippen LogP contribution in [0.3, 0.4) is 0 Å². The maximum absolute atomic E-state index is 12.2. The Bertz CT molecular complexity index is 1090. The fourth-order valence-corrected chi connectivity index (χ4v) is 4.00. The van der Waals surface area contributed by atoms with E-state index in [0.717, 1.165) is 5.56 Å². The van der Waals surface area contributed by atoms with Crippen LogP contribution in [0.25, 0.3) is 0 Å². The quantitative estimate of drug-likeness (QED) is 0.494. The molecule has 0 unspecified atom stereocenters. The van der Waals surface area contributed by atoms with Gasteiger partial charge in [0.05, 0.1) is 22.5 Å². The lowest BCUT2D eigenvalue weighted by Gasteiger charge is -2.17. The van der Waals surface area contributed by atoms with Crippen LogP contribution in [0.5, 0.6) is 0 Å². The number of carbonyl (C=O) groups is 1. The standard InChI is InChI=1S/C19H18N4O3S2/c1-14-8-10-18(11-9-14)28(25,26)22-20-12-16-13-27-19(21-16)23(15(2)24)17-6-4-3-5-7-17/h3-13,22H,1-2H3/b20-12-. The Morgan fingerprint density at radius 2 is 1.82 bits per heavy atom. The second-order valence-corrected chi connectivity index (χ2v) is 8.41. The van der Waals surface area contributed by atoms with Gasteiger partial charge in [-0.2, -0.15) is 13.5 Å². The van der Waals surface area contributed by atoms with Crippen LogP contribution in [0.4, 0.5) is 10.8 Å². The van der Waals surface area contributed by atoms with Crippen molar-refractivity contribution in [1.29, 1.82) is 0 Å². The van der Waals surface area contributed by atoms with E-state index in [2.05, 4.69) is 14.9 Å². The van der Waals surface area contributed by atoms with Gasteiger partial charge in [0.2, 0.25) is 5.91 Å². The Morgan fingerprint density at radius 1 is 1.14 bits per heavy atom. The summed E-state index contributed by atoms with van der Waals surface area (Å²) >= 11 is 1.26. The molecule has 2 aromatic carbocycles. The highest BCUT2D eigenvalue weighted by Gasteiger charge is 2.17. The van der Waals surface area contributed by atoms with Gasteiger partial charge >= 0.3 is 0 Å². The van der Waals surface area contributed by atoms with Crippen molar-refractivity contribution in [2.24, 2.45) is 5.10 Å². The minimum absolute atomic E-state index is 0.126. The molecule has 9 heteroatoms. The molecule has 0 aliphatic heterocycles. The molecule has 0 bridgehead atoms. The second-order valence-electron chi connectivity index (χ2n) is 5.91. The summed E-state index contributed by atoms with van der Waals surface area (Å²) in [7, 11) is -3.75. The van der Waals surface area contributed by atoms with Gasteiger partial charge in [-0.05, 0) is 31.2 Å². The summed E-state index contributed by atoms with van der Waals surface area (Å²) in [6.45, 7) is 3.33. The van der Waals surface area contributed by atoms with Crippen molar-refractivity contribution in [3.8, 4) is 0 Å². The predicted octanol–water partition coefficient (Wildman–Crippen LogP) is 3.45. The zero-order chi connectivity index (χ0) is 20.1. The number of rotatable bonds is 6. The number of sulfonamides is 1. The summed E-state index contributed by atoms with van der Waals surface area (Å²) in [6, 6.07) is 15.6. The lowest BCUT2D eigenvalue weighted by atomic mass is 10.2. The van der Waals surface area contributed by atoms with Gasteiger partial charge in [0.25, 0.3) is 10.0 Å². The number of thiazole rings is 1. The van der Waals surface area contributed by atoms with Gasteiger partial charge in [-0.1, -0.05) is 35.9 Å². The zero-order valence-corrected chi connectivity index (χ0v) is 16.9. The summed E-state index contributed by atoms with van der Waals surface area (Å²) in [6.07, 6.45) is 1.30. The molecule has 1 N–H and O–H groups in total. The average molecular weight is 415 g/mol. The van der Waals surface area contributed by atoms with Crippen molar-refractivity contribution < 1.29 is 13.2 Å². The molecule has 0 spiro atoms. The number of hydrazone groups is 1. The van der Waals surface area contributed by atoms with E-state index in [4.69, 9.17) is 0 Å². The topological polar surface area (TPSA) is 91.7 Å². The minimum Gasteiger partial charge on any atom is -0.274 e. The van der Waals surface area contributed by atoms with Crippen molar-refractivity contribution in [2.45, 2.75) is 18.7 Å². The molecule has 1 aromatic heterocycles. The van der Waals surface area contributed by atoms with E-state index in [-0.39, 0.29) is 10.8 Å². The molecule has 144 valence electrons. The average Bonchev–Trinajstić information content (AvgIpc) is 3.11. The number of carbonyl (C=O) groups excluding carboxylic acids is 1. The molecule has 0 fully saturated rings. The molecule has 1 amide bonds. The van der Waals surface area contributed by atoms with Crippen LogP contribution >= 0.6 is 11.3 Å². The number of anilines is 2. The van der Waals surface area contributed by atoms with Crippen LogP contribution in [-0.4, -0.2) is 25.5 Å². The van der Waals surface area contributed by atoms with E-state index in [0.29, 0.717) is 16.5 Å². The number of aromatic nitrogens is 1. The van der Waals surface area contributed by atoms with Gasteiger partial charge in [-0.25, -0.2) is 9.82 Å². The van der Waals surface area contributed by atoms with Crippen molar-refractivity contribution in [2.75, 3.05) is 4.90 Å². The maximum atomic E-state index is 12.2. The highest BCUT2D eigenvalue weighted by Crippen LogP contribution is 2.28. The number of nitrogens with zero attached hydrogens (tertiary/aromatic N) is 3. The van der Waals surface area contributed by atoms with E-state index in [1.165, 1.54) is 41.5 Å². The lowest BCUT2D eigenvalue weighted by Crippen LogP contribution is -2.22. The molecular formula is C19H18N4O3S2. The van der Waals surface area contributed by atoms with Crippen LogP contribution < -0.4 is 9.73 Å². The van der Waals surface area contributed by atoms with Gasteiger partial charge in [-0.3, -0.25) is 9.69 Å². The van der Waals surface area contributed by atoms with Crippen LogP contribution in [0.1, 0.15) is 18.2 Å². The fraction of sp³-hybridized carbons (Fsp3) is 0.105. The first-order chi connectivity index (χ1) is 13.4. The van der Waals surface area contributed by atoms with Gasteiger partial charge in [0, 0.05) is 12.3 Å². The molecular weight excluding hydrogens is 396 g/mol. The van der Waals surface area contributed by atoms with Crippen molar-refractivity contribution in [1.82, 2.24) is 9.82 Å². The molecule has 1 heterocycles. The van der Waals surface area contributed by atoms with E-state index >= 15 is 0 Å². The van der Waals surface area contributed by atoms with Crippen LogP contribution in [0.15, 0.2) is 70.0 Å². The third-order valence-corrected chi connectivity index (χ3v) is 5.81. The Labute approximate surface area is 167 Å². The Kier molecular flexibility index (Phi) is 5.86. The molecule has 7 nitrogen and oxygen atoms in total. The van der Waals surface area contributed by atoms with Crippen LogP contribution in [0.2, 0.25) is 0 Å². The largest absolute Gasteiger partial charge is 0.276 e. The first-order valence-corrected chi connectivity index (χ1v) is 10.7. The minimum atomic E-state index is -3.75. The van der Waals surface area contributed by atoms with Gasteiger partial charge < -0.3 is 0 Å². The van der Waals surface area contributed by atoms with E-state index in [1.54, 1.807) is 17.5 Å². The molecule has 3 aromatic rings. The number of aryl methyl sites for hydroxylation is 1. The molecule has 0 radical (unpaired) electrons. The second kappa shape index (κ2) is 8.32. The van der Waals surface area contributed by atoms with E-state index < -0.39 is 10.0 Å². The molecule has 0 atom stereocenters. The van der Waals surface area contributed by atoms with Crippen molar-refractivity contribution >= 4 is 44.3 Å². The summed E-state index contributed by atoms with van der Waals surface area (Å²) in [5.74, 6) is -0.177. The number of hydrogen-bond donors (Lipinski definition) is 1. The number of nitrogens with one attached hydrogen (secondary N) is 1. The first-order valence-electron chi connectivity index (χ1n) is 8.29. The smallest absolute Gasteiger partial charge is 0.274 e. The predicted molar refractivity (Wildman–Crippen MR) is 110 cm³/mol. The molecule has 28 heavy (non-hydrogen) atoms. The molecule has 3 rings (SSSR count). The summed E-state index contributed by atoms with van der Waals surface area (Å²) in [5.41, 5.74) is 2.10. The fourth-order valence-electron chi connectivity index (χ4n) is 2.37. The zero-order valence-electron chi connectivity index (χ0n) is 15.2. The van der Waals surface area contributed by atoms with E-state index in [1.807, 2.05) is 37.3 Å². The highest BCUT2D eigenvalue weighted by atomic mass is 32.2. The van der Waals surface area contributed by atoms with Crippen molar-refractivity contribution in [3.05, 3.63) is 71.2 Å². The first kappa shape index (κ1) is 19.7. The van der Waals surface area contributed by atoms with Crippen LogP contribution in [0, 0.1) is 6.92 Å². The van der Waals surface area contributed by atoms with Gasteiger partial charge in [0.1, 0.15) is 0 Å². The highest BCUT2D eigenvalue weighted by molar-refractivity contribution is 7.89. The number of benzene rings is 2. The molecule has 0 aliphatic rings. The SMILES string of the molecule is CC(=O)N(c1ccccc1)c1nc(/C=N\NS(=O)(=O)c2ccc(C)cc2)cs1. The molecule has 0 aliphatic carbocycles. The maximum Gasteiger partial charge on any atom is 0.276 e. The third kappa shape index (κ3) is 4.62. The summed E-state index contributed by atoms with van der Waals surface area (Å²) in [4.78, 5) is 20.2. The van der Waals surface area contributed by atoms with E-state index in [9.17, 15) is 13.2 Å². The van der Waals surface area contributed by atoms with Crippen LogP contribution in [-0.2, 0) is 14.8 Å². The molecule has 0 saturated heterocycles. The number of para-hydroxylation sites is 1. The lowest BCUT2D eigenvalue weighted by molar-refractivity contribution is -0.115. The summed E-state index contributed by atoms with van der Waals surface area (Å²) in [5, 5.41) is 5.95. The monoisotopic (exact) mass is 414 g/mol. The number of amides is 1. The normalized spacial score (nSPS) is 11.5. The number of hydrogen-bond acceptors (Lipinski definition) is 6. The molecule has 0 saturated carbocycles. The Morgan fingerprint density at radius 3 is 2.46 bits per heavy atom.